The zero-order valence-electron chi connectivity index (χ0n) is 24.4. The van der Waals surface area contributed by atoms with Gasteiger partial charge >= 0.3 is 0 Å². The van der Waals surface area contributed by atoms with Gasteiger partial charge in [-0.25, -0.2) is 4.39 Å². The minimum absolute atomic E-state index is 0.107. The smallest absolute Gasteiger partial charge is 0.260 e. The number of hydrazine groups is 1. The van der Waals surface area contributed by atoms with E-state index in [9.17, 15) is 23.9 Å². The van der Waals surface area contributed by atoms with Crippen molar-refractivity contribution < 1.29 is 33.4 Å². The van der Waals surface area contributed by atoms with Crippen molar-refractivity contribution in [1.29, 1.82) is 0 Å². The molecule has 3 aromatic carbocycles. The summed E-state index contributed by atoms with van der Waals surface area (Å²) in [5.41, 5.74) is 3.17. The van der Waals surface area contributed by atoms with Crippen molar-refractivity contribution in [2.45, 2.75) is 24.2 Å². The van der Waals surface area contributed by atoms with Crippen LogP contribution in [0.4, 0.5) is 10.1 Å². The molecule has 3 aromatic rings. The Hall–Kier alpha value is -4.70. The number of halogens is 2. The van der Waals surface area contributed by atoms with Crippen molar-refractivity contribution in [3.63, 3.8) is 0 Å². The number of fused-ring (bicyclic) bond motifs is 4. The van der Waals surface area contributed by atoms with Crippen LogP contribution in [-0.4, -0.2) is 52.8 Å². The lowest BCUT2D eigenvalue weighted by atomic mass is 9.49. The van der Waals surface area contributed by atoms with Gasteiger partial charge in [0, 0.05) is 23.6 Å². The molecule has 1 saturated carbocycles. The predicted molar refractivity (Wildman–Crippen MR) is 161 cm³/mol. The summed E-state index contributed by atoms with van der Waals surface area (Å²) in [5.74, 6) is -6.03. The van der Waals surface area contributed by atoms with E-state index < -0.39 is 52.6 Å². The van der Waals surface area contributed by atoms with Crippen molar-refractivity contribution in [2.24, 2.45) is 23.7 Å². The number of aromatic hydroxyl groups is 1. The van der Waals surface area contributed by atoms with E-state index in [0.29, 0.717) is 27.4 Å². The molecule has 0 spiro atoms. The van der Waals surface area contributed by atoms with E-state index in [1.54, 1.807) is 42.5 Å². The molecule has 45 heavy (non-hydrogen) atoms. The van der Waals surface area contributed by atoms with Crippen LogP contribution in [0.1, 0.15) is 29.9 Å². The molecule has 11 heteroatoms. The molecule has 7 rings (SSSR count). The number of phenols is 1. The first kappa shape index (κ1) is 29.0. The minimum atomic E-state index is -1.59. The maximum Gasteiger partial charge on any atom is 0.260 e. The molecule has 0 aromatic heterocycles. The highest BCUT2D eigenvalue weighted by molar-refractivity contribution is 6.30. The van der Waals surface area contributed by atoms with E-state index in [2.05, 4.69) is 5.43 Å². The van der Waals surface area contributed by atoms with Gasteiger partial charge in [0.2, 0.25) is 11.8 Å². The van der Waals surface area contributed by atoms with Crippen LogP contribution in [0.25, 0.3) is 0 Å². The zero-order chi connectivity index (χ0) is 31.8. The fraction of sp³-hybridized carbons (Fsp3) is 0.294. The zero-order valence-corrected chi connectivity index (χ0v) is 25.1. The second kappa shape index (κ2) is 10.4. The molecule has 4 amide bonds. The summed E-state index contributed by atoms with van der Waals surface area (Å²) >= 11 is 6.29. The number of imide groups is 2. The van der Waals surface area contributed by atoms with E-state index in [1.807, 2.05) is 6.08 Å². The molecule has 2 N–H and O–H groups in total. The third kappa shape index (κ3) is 4.04. The summed E-state index contributed by atoms with van der Waals surface area (Å²) < 4.78 is 19.2. The number of ether oxygens (including phenoxy) is 1. The number of carbonyl (C=O) groups is 4. The lowest BCUT2D eigenvalue weighted by Crippen LogP contribution is -2.53. The maximum absolute atomic E-state index is 15.0. The summed E-state index contributed by atoms with van der Waals surface area (Å²) in [6, 6.07) is 16.9. The molecule has 2 saturated heterocycles. The molecule has 3 fully saturated rings. The van der Waals surface area contributed by atoms with Gasteiger partial charge in [0.15, 0.2) is 11.5 Å². The molecule has 2 heterocycles. The van der Waals surface area contributed by atoms with Gasteiger partial charge in [-0.05, 0) is 66.8 Å². The van der Waals surface area contributed by atoms with E-state index in [0.717, 1.165) is 9.91 Å². The first-order valence-electron chi connectivity index (χ1n) is 14.6. The average Bonchev–Trinajstić information content (AvgIpc) is 3.39. The van der Waals surface area contributed by atoms with Gasteiger partial charge in [0.05, 0.1) is 36.0 Å². The van der Waals surface area contributed by atoms with Crippen LogP contribution >= 0.6 is 11.6 Å². The predicted octanol–water partition coefficient (Wildman–Crippen LogP) is 4.81. The molecule has 230 valence electrons. The van der Waals surface area contributed by atoms with Gasteiger partial charge in [-0.2, -0.15) is 5.01 Å². The Morgan fingerprint density at radius 3 is 2.36 bits per heavy atom. The Morgan fingerprint density at radius 1 is 0.956 bits per heavy atom. The van der Waals surface area contributed by atoms with Crippen LogP contribution in [0, 0.1) is 29.5 Å². The molecule has 2 aliphatic heterocycles. The highest BCUT2D eigenvalue weighted by atomic mass is 35.5. The van der Waals surface area contributed by atoms with Crippen molar-refractivity contribution in [1.82, 2.24) is 9.91 Å². The summed E-state index contributed by atoms with van der Waals surface area (Å²) in [7, 11) is 2.88. The summed E-state index contributed by atoms with van der Waals surface area (Å²) in [4.78, 5) is 57.3. The lowest BCUT2D eigenvalue weighted by molar-refractivity contribution is -0.140. The summed E-state index contributed by atoms with van der Waals surface area (Å²) in [6.07, 6.45) is 2.28. The van der Waals surface area contributed by atoms with Crippen LogP contribution < -0.4 is 10.2 Å². The number of nitrogens with zero attached hydrogens (tertiary/aromatic N) is 2. The average molecular weight is 630 g/mol. The fourth-order valence-electron chi connectivity index (χ4n) is 8.09. The Balaban J connectivity index is 1.49. The number of anilines is 1. The van der Waals surface area contributed by atoms with Crippen LogP contribution in [0.3, 0.4) is 0 Å². The van der Waals surface area contributed by atoms with Crippen LogP contribution in [0.2, 0.25) is 5.02 Å². The SMILES string of the molecule is COc1cccc([C@H]2C3=CC[C@@H]4C(=O)N(C)C(=O)[C@@H]4[C@@H]3C[C@H]3C(=O)N(Nc4ccc(F)cc4)C(=O)[C@@]23c2ccc(Cl)cc2)c1O. The Labute approximate surface area is 263 Å². The standard InChI is InChI=1S/C34H29ClFN3O6/c1-38-30(41)22-15-14-21-24(27(22)32(38)43)16-25-31(42)39(37-20-12-10-19(36)11-13-20)33(44)34(25,17-6-8-18(35)9-7-17)28(21)23-4-3-5-26(45-2)29(23)40/h3-14,22,24-25,27-28,37,40H,15-16H2,1-2H3/t22-,24+,25-,27-,28+,34+/m0/s1. The highest BCUT2D eigenvalue weighted by Gasteiger charge is 2.70. The number of hydrogen-bond acceptors (Lipinski definition) is 7. The molecular formula is C34H29ClFN3O6. The van der Waals surface area contributed by atoms with Gasteiger partial charge in [0.1, 0.15) is 5.82 Å². The molecule has 0 bridgehead atoms. The molecular weight excluding hydrogens is 601 g/mol. The Kier molecular flexibility index (Phi) is 6.74. The quantitative estimate of drug-likeness (QED) is 0.307. The maximum atomic E-state index is 15.0. The second-order valence-electron chi connectivity index (χ2n) is 12.0. The molecule has 0 radical (unpaired) electrons. The number of phenolic OH excluding ortho intramolecular Hbond substituents is 1. The van der Waals surface area contributed by atoms with Gasteiger partial charge in [-0.15, -0.1) is 0 Å². The first-order chi connectivity index (χ1) is 21.6. The van der Waals surface area contributed by atoms with Crippen molar-refractivity contribution in [3.05, 3.63) is 100 Å². The number of para-hydroxylation sites is 1. The lowest BCUT2D eigenvalue weighted by Gasteiger charge is -2.50. The highest BCUT2D eigenvalue weighted by Crippen LogP contribution is 2.65. The molecule has 2 aliphatic carbocycles. The van der Waals surface area contributed by atoms with E-state index in [4.69, 9.17) is 16.3 Å². The normalized spacial score (nSPS) is 28.9. The van der Waals surface area contributed by atoms with E-state index >= 15 is 4.79 Å². The van der Waals surface area contributed by atoms with Crippen LogP contribution in [0.15, 0.2) is 78.4 Å². The number of hydrogen-bond donors (Lipinski definition) is 2. The van der Waals surface area contributed by atoms with Crippen LogP contribution in [0.5, 0.6) is 11.5 Å². The third-order valence-electron chi connectivity index (χ3n) is 10.0. The number of nitrogens with one attached hydrogen (secondary N) is 1. The number of rotatable bonds is 5. The summed E-state index contributed by atoms with van der Waals surface area (Å²) in [6.45, 7) is 0. The van der Waals surface area contributed by atoms with Gasteiger partial charge < -0.3 is 9.84 Å². The number of allylic oxidation sites excluding steroid dienone is 2. The number of amides is 4. The number of methoxy groups -OCH3 is 1. The van der Waals surface area contributed by atoms with Crippen molar-refractivity contribution in [2.75, 3.05) is 19.6 Å². The Bertz CT molecular complexity index is 1790. The van der Waals surface area contributed by atoms with Gasteiger partial charge in [-0.1, -0.05) is 47.5 Å². The summed E-state index contributed by atoms with van der Waals surface area (Å²) in [5, 5.41) is 13.0. The van der Waals surface area contributed by atoms with Crippen molar-refractivity contribution >= 4 is 40.9 Å². The molecule has 0 unspecified atom stereocenters. The fourth-order valence-corrected chi connectivity index (χ4v) is 8.22. The monoisotopic (exact) mass is 629 g/mol. The Morgan fingerprint density at radius 2 is 1.67 bits per heavy atom. The van der Waals surface area contributed by atoms with Gasteiger partial charge in [0.25, 0.3) is 11.8 Å². The topological polar surface area (TPSA) is 116 Å². The number of likely N-dealkylation sites (tertiary alicyclic amines) is 1. The third-order valence-corrected chi connectivity index (χ3v) is 10.3. The minimum Gasteiger partial charge on any atom is -0.504 e. The molecule has 4 aliphatic rings. The first-order valence-corrected chi connectivity index (χ1v) is 15.0. The molecule has 9 nitrogen and oxygen atoms in total. The molecule has 6 atom stereocenters. The number of carbonyl (C=O) groups excluding carboxylic acids is 4. The van der Waals surface area contributed by atoms with E-state index in [-0.39, 0.29) is 36.2 Å². The largest absolute Gasteiger partial charge is 0.504 e. The van der Waals surface area contributed by atoms with Crippen LogP contribution in [-0.2, 0) is 24.6 Å². The van der Waals surface area contributed by atoms with E-state index in [1.165, 1.54) is 38.4 Å². The van der Waals surface area contributed by atoms with Gasteiger partial charge in [-0.3, -0.25) is 29.5 Å². The van der Waals surface area contributed by atoms with Crippen molar-refractivity contribution in [3.8, 4) is 11.5 Å². The number of benzene rings is 3. The second-order valence-corrected chi connectivity index (χ2v) is 12.4.